The predicted molar refractivity (Wildman–Crippen MR) is 52.9 cm³/mol. The Balaban J connectivity index is 2.18. The van der Waals surface area contributed by atoms with Crippen molar-refractivity contribution in [3.8, 4) is 0 Å². The molecule has 1 fully saturated rings. The molecule has 3 heteroatoms. The van der Waals surface area contributed by atoms with E-state index in [1.165, 1.54) is 37.7 Å². The Hall–Kier alpha value is -0.630. The molecule has 0 spiro atoms. The van der Waals surface area contributed by atoms with E-state index in [-0.39, 0.29) is 0 Å². The molecule has 0 aromatic carbocycles. The minimum absolute atomic E-state index is 0.592. The van der Waals surface area contributed by atoms with E-state index < -0.39 is 0 Å². The van der Waals surface area contributed by atoms with E-state index in [1.807, 2.05) is 6.07 Å². The van der Waals surface area contributed by atoms with Crippen molar-refractivity contribution in [2.24, 2.45) is 0 Å². The highest BCUT2D eigenvalue weighted by molar-refractivity contribution is 6.30. The normalized spacial score (nSPS) is 18.8. The third-order valence-corrected chi connectivity index (χ3v) is 3.04. The summed E-state index contributed by atoms with van der Waals surface area (Å²) >= 11 is 5.98. The van der Waals surface area contributed by atoms with Crippen LogP contribution in [0.2, 0.25) is 5.15 Å². The van der Waals surface area contributed by atoms with Crippen LogP contribution >= 0.6 is 11.6 Å². The molecule has 0 radical (unpaired) electrons. The van der Waals surface area contributed by atoms with E-state index in [4.69, 9.17) is 11.6 Å². The summed E-state index contributed by atoms with van der Waals surface area (Å²) in [6, 6.07) is 2.01. The van der Waals surface area contributed by atoms with Crippen molar-refractivity contribution in [1.29, 1.82) is 0 Å². The van der Waals surface area contributed by atoms with E-state index in [2.05, 4.69) is 10.2 Å². The first kappa shape index (κ1) is 8.95. The van der Waals surface area contributed by atoms with E-state index >= 15 is 0 Å². The average molecular weight is 197 g/mol. The molecule has 1 aromatic rings. The van der Waals surface area contributed by atoms with Gasteiger partial charge in [0.05, 0.1) is 0 Å². The molecule has 0 atom stereocenters. The fourth-order valence-corrected chi connectivity index (χ4v) is 2.30. The van der Waals surface area contributed by atoms with Gasteiger partial charge in [0.2, 0.25) is 0 Å². The number of aromatic nitrogens is 2. The maximum absolute atomic E-state index is 5.98. The van der Waals surface area contributed by atoms with Gasteiger partial charge in [-0.05, 0) is 30.4 Å². The molecule has 0 N–H and O–H groups in total. The van der Waals surface area contributed by atoms with Crippen molar-refractivity contribution < 1.29 is 0 Å². The lowest BCUT2D eigenvalue weighted by Crippen LogP contribution is -2.06. The van der Waals surface area contributed by atoms with Crippen LogP contribution in [0, 0.1) is 0 Å². The predicted octanol–water partition coefficient (Wildman–Crippen LogP) is 3.18. The molecule has 13 heavy (non-hydrogen) atoms. The summed E-state index contributed by atoms with van der Waals surface area (Å²) in [4.78, 5) is 0. The SMILES string of the molecule is Clc1nnccc1C1CCCCC1. The van der Waals surface area contributed by atoms with Crippen molar-refractivity contribution in [3.05, 3.63) is 23.0 Å². The largest absolute Gasteiger partial charge is 0.158 e. The minimum atomic E-state index is 0.592. The summed E-state index contributed by atoms with van der Waals surface area (Å²) in [5.41, 5.74) is 1.19. The molecule has 1 aliphatic carbocycles. The smallest absolute Gasteiger partial charge is 0.155 e. The number of hydrogen-bond acceptors (Lipinski definition) is 2. The molecule has 1 aromatic heterocycles. The van der Waals surface area contributed by atoms with Crippen LogP contribution in [0.3, 0.4) is 0 Å². The van der Waals surface area contributed by atoms with Gasteiger partial charge in [0.15, 0.2) is 5.15 Å². The van der Waals surface area contributed by atoms with E-state index in [0.717, 1.165) is 0 Å². The fraction of sp³-hybridized carbons (Fsp3) is 0.600. The quantitative estimate of drug-likeness (QED) is 0.690. The van der Waals surface area contributed by atoms with E-state index in [0.29, 0.717) is 11.1 Å². The third kappa shape index (κ3) is 1.99. The molecule has 0 aliphatic heterocycles. The zero-order chi connectivity index (χ0) is 9.10. The Morgan fingerprint density at radius 3 is 2.69 bits per heavy atom. The Bertz CT molecular complexity index is 282. The van der Waals surface area contributed by atoms with Gasteiger partial charge in [-0.3, -0.25) is 0 Å². The maximum atomic E-state index is 5.98. The summed E-state index contributed by atoms with van der Waals surface area (Å²) in [5, 5.41) is 8.22. The zero-order valence-electron chi connectivity index (χ0n) is 7.54. The molecule has 1 saturated carbocycles. The van der Waals surface area contributed by atoms with Gasteiger partial charge in [-0.15, -0.1) is 5.10 Å². The Labute approximate surface area is 83.3 Å². The van der Waals surface area contributed by atoms with E-state index in [9.17, 15) is 0 Å². The van der Waals surface area contributed by atoms with Crippen LogP contribution in [-0.4, -0.2) is 10.2 Å². The second-order valence-corrected chi connectivity index (χ2v) is 3.97. The molecule has 0 unspecified atom stereocenters. The molecule has 0 saturated heterocycles. The summed E-state index contributed by atoms with van der Waals surface area (Å²) in [7, 11) is 0. The molecular formula is C10H13ClN2. The van der Waals surface area contributed by atoms with Crippen LogP contribution in [0.25, 0.3) is 0 Å². The lowest BCUT2D eigenvalue weighted by atomic mass is 9.85. The Kier molecular flexibility index (Phi) is 2.79. The number of halogens is 1. The van der Waals surface area contributed by atoms with Gasteiger partial charge >= 0.3 is 0 Å². The molecule has 0 bridgehead atoms. The van der Waals surface area contributed by atoms with Crippen molar-refractivity contribution in [3.63, 3.8) is 0 Å². The topological polar surface area (TPSA) is 25.8 Å². The first-order chi connectivity index (χ1) is 6.38. The highest BCUT2D eigenvalue weighted by Crippen LogP contribution is 2.34. The van der Waals surface area contributed by atoms with Crippen LogP contribution in [0.15, 0.2) is 12.3 Å². The molecule has 2 nitrogen and oxygen atoms in total. The summed E-state index contributed by atoms with van der Waals surface area (Å²) in [6.45, 7) is 0. The molecule has 1 heterocycles. The van der Waals surface area contributed by atoms with Crippen molar-refractivity contribution in [2.75, 3.05) is 0 Å². The lowest BCUT2D eigenvalue weighted by Gasteiger charge is -2.21. The van der Waals surface area contributed by atoms with Crippen molar-refractivity contribution >= 4 is 11.6 Å². The van der Waals surface area contributed by atoms with Gasteiger partial charge in [-0.1, -0.05) is 30.9 Å². The highest BCUT2D eigenvalue weighted by Gasteiger charge is 2.18. The second kappa shape index (κ2) is 4.05. The van der Waals surface area contributed by atoms with Gasteiger partial charge in [-0.25, -0.2) is 0 Å². The number of rotatable bonds is 1. The average Bonchev–Trinajstić information content (AvgIpc) is 2.20. The van der Waals surface area contributed by atoms with E-state index in [1.54, 1.807) is 6.20 Å². The molecular weight excluding hydrogens is 184 g/mol. The molecule has 0 amide bonds. The maximum Gasteiger partial charge on any atom is 0.155 e. The minimum Gasteiger partial charge on any atom is -0.158 e. The van der Waals surface area contributed by atoms with Gasteiger partial charge in [0.25, 0.3) is 0 Å². The van der Waals surface area contributed by atoms with Gasteiger partial charge in [-0.2, -0.15) is 5.10 Å². The van der Waals surface area contributed by atoms with Crippen LogP contribution in [0.1, 0.15) is 43.6 Å². The van der Waals surface area contributed by atoms with Crippen LogP contribution in [-0.2, 0) is 0 Å². The van der Waals surface area contributed by atoms with Gasteiger partial charge in [0.1, 0.15) is 0 Å². The highest BCUT2D eigenvalue weighted by atomic mass is 35.5. The van der Waals surface area contributed by atoms with Crippen molar-refractivity contribution in [2.45, 2.75) is 38.0 Å². The lowest BCUT2D eigenvalue weighted by molar-refractivity contribution is 0.442. The third-order valence-electron chi connectivity index (χ3n) is 2.75. The monoisotopic (exact) mass is 196 g/mol. The van der Waals surface area contributed by atoms with Gasteiger partial charge < -0.3 is 0 Å². The van der Waals surface area contributed by atoms with Crippen molar-refractivity contribution in [1.82, 2.24) is 10.2 Å². The Morgan fingerprint density at radius 1 is 1.23 bits per heavy atom. The summed E-state index contributed by atoms with van der Waals surface area (Å²) in [6.07, 6.45) is 8.26. The first-order valence-corrected chi connectivity index (χ1v) is 5.23. The van der Waals surface area contributed by atoms with Gasteiger partial charge in [0, 0.05) is 6.20 Å². The molecule has 2 rings (SSSR count). The standard InChI is InChI=1S/C10H13ClN2/c11-10-9(6-7-12-13-10)8-4-2-1-3-5-8/h6-8H,1-5H2. The van der Waals surface area contributed by atoms with Crippen LogP contribution < -0.4 is 0 Å². The Morgan fingerprint density at radius 2 is 2.00 bits per heavy atom. The van der Waals surface area contributed by atoms with Crippen LogP contribution in [0.4, 0.5) is 0 Å². The summed E-state index contributed by atoms with van der Waals surface area (Å²) < 4.78 is 0. The second-order valence-electron chi connectivity index (χ2n) is 3.61. The molecule has 1 aliphatic rings. The summed E-state index contributed by atoms with van der Waals surface area (Å²) in [5.74, 6) is 0.622. The van der Waals surface area contributed by atoms with Crippen LogP contribution in [0.5, 0.6) is 0 Å². The first-order valence-electron chi connectivity index (χ1n) is 4.85. The fourth-order valence-electron chi connectivity index (χ4n) is 2.04. The molecule has 70 valence electrons. The number of hydrogen-bond donors (Lipinski definition) is 0. The zero-order valence-corrected chi connectivity index (χ0v) is 8.30. The number of nitrogens with zero attached hydrogens (tertiary/aromatic N) is 2.